The number of carbonyl (C=O) groups excluding carboxylic acids is 1. The molecular weight excluding hydrogens is 316 g/mol. The maximum absolute atomic E-state index is 12.5. The molecule has 0 spiro atoms. The molecule has 0 saturated carbocycles. The molecule has 2 aliphatic rings. The van der Waals surface area contributed by atoms with Crippen molar-refractivity contribution in [3.8, 4) is 0 Å². The molecule has 0 bridgehead atoms. The van der Waals surface area contributed by atoms with Gasteiger partial charge in [-0.3, -0.25) is 14.4 Å². The summed E-state index contributed by atoms with van der Waals surface area (Å²) in [6.07, 6.45) is 1.21. The van der Waals surface area contributed by atoms with Gasteiger partial charge in [0.15, 0.2) is 0 Å². The van der Waals surface area contributed by atoms with E-state index < -0.39 is 0 Å². The standard InChI is InChI=1S/C16H25ClN4O2/c1-9(2)13-7-21-6-11(5-12(21)8-23-13)18-16(22)15-14(17)10(3)19-20(15)4/h9,11-13H,5-8H2,1-4H3,(H,18,22)/t11-,12+,13-/m1/s1. The van der Waals surface area contributed by atoms with Gasteiger partial charge >= 0.3 is 0 Å². The molecule has 3 heterocycles. The maximum atomic E-state index is 12.5. The molecule has 3 atom stereocenters. The molecule has 0 aliphatic carbocycles. The number of ether oxygens (including phenoxy) is 1. The first-order chi connectivity index (χ1) is 10.9. The zero-order valence-corrected chi connectivity index (χ0v) is 14.9. The van der Waals surface area contributed by atoms with Crippen molar-refractivity contribution in [2.45, 2.75) is 45.4 Å². The molecule has 1 N–H and O–H groups in total. The van der Waals surface area contributed by atoms with Crippen LogP contribution in [0.2, 0.25) is 5.02 Å². The second kappa shape index (κ2) is 6.42. The minimum absolute atomic E-state index is 0.133. The van der Waals surface area contributed by atoms with E-state index in [-0.39, 0.29) is 18.1 Å². The first-order valence-electron chi connectivity index (χ1n) is 8.22. The van der Waals surface area contributed by atoms with Gasteiger partial charge in [-0.1, -0.05) is 25.4 Å². The number of nitrogens with zero attached hydrogens (tertiary/aromatic N) is 3. The molecule has 0 unspecified atom stereocenters. The third-order valence-corrected chi connectivity index (χ3v) is 5.34. The number of halogens is 1. The predicted molar refractivity (Wildman–Crippen MR) is 88.8 cm³/mol. The number of hydrogen-bond acceptors (Lipinski definition) is 4. The first kappa shape index (κ1) is 16.7. The Labute approximate surface area is 142 Å². The summed E-state index contributed by atoms with van der Waals surface area (Å²) in [6, 6.07) is 0.535. The number of hydrogen-bond donors (Lipinski definition) is 1. The monoisotopic (exact) mass is 340 g/mol. The molecule has 2 aliphatic heterocycles. The molecule has 2 fully saturated rings. The lowest BCUT2D eigenvalue weighted by atomic mass is 10.0. The molecule has 2 saturated heterocycles. The van der Waals surface area contributed by atoms with Gasteiger partial charge in [0.25, 0.3) is 5.91 Å². The van der Waals surface area contributed by atoms with Gasteiger partial charge in [-0.2, -0.15) is 5.10 Å². The summed E-state index contributed by atoms with van der Waals surface area (Å²) in [7, 11) is 1.74. The zero-order valence-electron chi connectivity index (χ0n) is 14.2. The number of aromatic nitrogens is 2. The van der Waals surface area contributed by atoms with E-state index in [1.807, 2.05) is 0 Å². The third-order valence-electron chi connectivity index (χ3n) is 4.89. The van der Waals surface area contributed by atoms with Crippen LogP contribution in [0.5, 0.6) is 0 Å². The van der Waals surface area contributed by atoms with E-state index >= 15 is 0 Å². The largest absolute Gasteiger partial charge is 0.375 e. The minimum Gasteiger partial charge on any atom is -0.375 e. The number of nitrogens with one attached hydrogen (secondary N) is 1. The van der Waals surface area contributed by atoms with Crippen molar-refractivity contribution in [2.24, 2.45) is 13.0 Å². The summed E-state index contributed by atoms with van der Waals surface area (Å²) in [6.45, 7) is 8.75. The fourth-order valence-corrected chi connectivity index (χ4v) is 3.79. The Kier molecular flexibility index (Phi) is 4.67. The van der Waals surface area contributed by atoms with Crippen molar-refractivity contribution in [1.29, 1.82) is 0 Å². The molecule has 7 heteroatoms. The Hall–Kier alpha value is -1.11. The average Bonchev–Trinajstić information content (AvgIpc) is 2.98. The van der Waals surface area contributed by atoms with Crippen LogP contribution in [0.4, 0.5) is 0 Å². The van der Waals surface area contributed by atoms with E-state index in [1.165, 1.54) is 0 Å². The highest BCUT2D eigenvalue weighted by Crippen LogP contribution is 2.26. The van der Waals surface area contributed by atoms with E-state index in [0.29, 0.717) is 28.4 Å². The summed E-state index contributed by atoms with van der Waals surface area (Å²) < 4.78 is 7.49. The van der Waals surface area contributed by atoms with Gasteiger partial charge in [0.05, 0.1) is 23.4 Å². The Morgan fingerprint density at radius 2 is 2.17 bits per heavy atom. The number of rotatable bonds is 3. The molecule has 0 radical (unpaired) electrons. The highest BCUT2D eigenvalue weighted by Gasteiger charge is 2.39. The number of amides is 1. The van der Waals surface area contributed by atoms with Crippen LogP contribution >= 0.6 is 11.6 Å². The summed E-state index contributed by atoms with van der Waals surface area (Å²) in [5.41, 5.74) is 1.11. The summed E-state index contributed by atoms with van der Waals surface area (Å²) in [4.78, 5) is 15.0. The molecule has 6 nitrogen and oxygen atoms in total. The Morgan fingerprint density at radius 1 is 1.43 bits per heavy atom. The minimum atomic E-state index is -0.149. The highest BCUT2D eigenvalue weighted by atomic mass is 35.5. The number of aryl methyl sites for hydroxylation is 2. The van der Waals surface area contributed by atoms with Crippen LogP contribution in [0, 0.1) is 12.8 Å². The predicted octanol–water partition coefficient (Wildman–Crippen LogP) is 1.61. The SMILES string of the molecule is Cc1nn(C)c(C(=O)N[C@@H]2C[C@H]3CO[C@@H](C(C)C)CN3C2)c1Cl. The summed E-state index contributed by atoms with van der Waals surface area (Å²) in [5, 5.41) is 7.74. The van der Waals surface area contributed by atoms with Crippen molar-refractivity contribution < 1.29 is 9.53 Å². The Bertz CT molecular complexity index is 601. The summed E-state index contributed by atoms with van der Waals surface area (Å²) in [5.74, 6) is 0.366. The molecule has 0 aromatic carbocycles. The Morgan fingerprint density at radius 3 is 2.78 bits per heavy atom. The zero-order chi connectivity index (χ0) is 16.7. The number of morpholine rings is 1. The van der Waals surface area contributed by atoms with Crippen LogP contribution in [-0.4, -0.2) is 58.5 Å². The van der Waals surface area contributed by atoms with E-state index in [1.54, 1.807) is 18.7 Å². The second-order valence-electron chi connectivity index (χ2n) is 7.00. The van der Waals surface area contributed by atoms with Crippen molar-refractivity contribution in [3.63, 3.8) is 0 Å². The van der Waals surface area contributed by atoms with Crippen molar-refractivity contribution in [1.82, 2.24) is 20.0 Å². The smallest absolute Gasteiger partial charge is 0.271 e. The number of carbonyl (C=O) groups is 1. The quantitative estimate of drug-likeness (QED) is 0.908. The topological polar surface area (TPSA) is 59.4 Å². The molecule has 23 heavy (non-hydrogen) atoms. The highest BCUT2D eigenvalue weighted by molar-refractivity contribution is 6.34. The Balaban J connectivity index is 1.63. The van der Waals surface area contributed by atoms with Crippen LogP contribution in [0.3, 0.4) is 0 Å². The van der Waals surface area contributed by atoms with Gasteiger partial charge in [-0.05, 0) is 19.3 Å². The molecule has 128 valence electrons. The normalized spacial score (nSPS) is 28.2. The lowest BCUT2D eigenvalue weighted by Crippen LogP contribution is -2.48. The molecule has 1 aromatic heterocycles. The third kappa shape index (κ3) is 3.25. The van der Waals surface area contributed by atoms with Crippen molar-refractivity contribution >= 4 is 17.5 Å². The summed E-state index contributed by atoms with van der Waals surface area (Å²) >= 11 is 6.20. The number of fused-ring (bicyclic) bond motifs is 1. The van der Waals surface area contributed by atoms with Crippen molar-refractivity contribution in [2.75, 3.05) is 19.7 Å². The van der Waals surface area contributed by atoms with Crippen LogP contribution in [0.25, 0.3) is 0 Å². The second-order valence-corrected chi connectivity index (χ2v) is 7.38. The first-order valence-corrected chi connectivity index (χ1v) is 8.60. The van der Waals surface area contributed by atoms with Crippen LogP contribution in [-0.2, 0) is 11.8 Å². The lowest BCUT2D eigenvalue weighted by molar-refractivity contribution is -0.0683. The van der Waals surface area contributed by atoms with E-state index in [9.17, 15) is 4.79 Å². The van der Waals surface area contributed by atoms with Crippen LogP contribution in [0.15, 0.2) is 0 Å². The molecule has 1 amide bonds. The van der Waals surface area contributed by atoms with Gasteiger partial charge < -0.3 is 10.1 Å². The van der Waals surface area contributed by atoms with Crippen LogP contribution in [0.1, 0.15) is 36.5 Å². The van der Waals surface area contributed by atoms with Crippen molar-refractivity contribution in [3.05, 3.63) is 16.4 Å². The fraction of sp³-hybridized carbons (Fsp3) is 0.750. The van der Waals surface area contributed by atoms with E-state index in [2.05, 4.69) is 29.2 Å². The lowest BCUT2D eigenvalue weighted by Gasteiger charge is -2.36. The molecule has 1 aromatic rings. The molecule has 3 rings (SSSR count). The average molecular weight is 341 g/mol. The van der Waals surface area contributed by atoms with Gasteiger partial charge in [0.1, 0.15) is 5.69 Å². The van der Waals surface area contributed by atoms with Gasteiger partial charge in [-0.15, -0.1) is 0 Å². The maximum Gasteiger partial charge on any atom is 0.271 e. The fourth-order valence-electron chi connectivity index (χ4n) is 3.54. The van der Waals surface area contributed by atoms with Gasteiger partial charge in [0, 0.05) is 32.2 Å². The van der Waals surface area contributed by atoms with Gasteiger partial charge in [-0.25, -0.2) is 0 Å². The molecular formula is C16H25ClN4O2. The van der Waals surface area contributed by atoms with E-state index in [4.69, 9.17) is 16.3 Å². The van der Waals surface area contributed by atoms with E-state index in [0.717, 1.165) is 26.1 Å². The van der Waals surface area contributed by atoms with Gasteiger partial charge in [0.2, 0.25) is 0 Å². The van der Waals surface area contributed by atoms with Crippen LogP contribution < -0.4 is 5.32 Å².